The Morgan fingerprint density at radius 3 is 2.81 bits per heavy atom. The van der Waals surface area contributed by atoms with Gasteiger partial charge in [-0.15, -0.1) is 0 Å². The van der Waals surface area contributed by atoms with Crippen LogP contribution in [0.1, 0.15) is 24.5 Å². The van der Waals surface area contributed by atoms with Crippen LogP contribution in [0, 0.1) is 23.2 Å². The molecular formula is C18H15F3N2O4. The van der Waals surface area contributed by atoms with Crippen LogP contribution in [0.15, 0.2) is 18.2 Å². The van der Waals surface area contributed by atoms with Gasteiger partial charge in [0.1, 0.15) is 11.8 Å². The summed E-state index contributed by atoms with van der Waals surface area (Å²) in [6, 6.07) is 4.73. The van der Waals surface area contributed by atoms with Crippen LogP contribution in [0.3, 0.4) is 0 Å². The Morgan fingerprint density at radius 2 is 2.15 bits per heavy atom. The molecule has 0 aromatic heterocycles. The van der Waals surface area contributed by atoms with Gasteiger partial charge in [-0.3, -0.25) is 9.69 Å². The Balaban J connectivity index is 1.61. The topological polar surface area (TPSA) is 82.8 Å². The monoisotopic (exact) mass is 380 g/mol. The maximum absolute atomic E-state index is 13.3. The smallest absolute Gasteiger partial charge is 0.390 e. The summed E-state index contributed by atoms with van der Waals surface area (Å²) in [5.41, 5.74) is -3.43. The lowest BCUT2D eigenvalue weighted by Crippen LogP contribution is -2.49. The molecule has 0 saturated carbocycles. The van der Waals surface area contributed by atoms with Crippen molar-refractivity contribution in [2.45, 2.75) is 43.1 Å². The van der Waals surface area contributed by atoms with Gasteiger partial charge in [0.2, 0.25) is 5.91 Å². The normalized spacial score (nSPS) is 41.9. The second kappa shape index (κ2) is 4.82. The zero-order valence-corrected chi connectivity index (χ0v) is 14.2. The summed E-state index contributed by atoms with van der Waals surface area (Å²) in [5, 5.41) is 19.4. The van der Waals surface area contributed by atoms with E-state index in [0.29, 0.717) is 0 Å². The molecule has 0 radical (unpaired) electrons. The van der Waals surface area contributed by atoms with Gasteiger partial charge in [-0.2, -0.15) is 18.4 Å². The predicted octanol–water partition coefficient (Wildman–Crippen LogP) is 1.80. The fraction of sp³-hybridized carbons (Fsp3) is 0.556. The average Bonchev–Trinajstić information content (AvgIpc) is 3.24. The van der Waals surface area contributed by atoms with Gasteiger partial charge < -0.3 is 14.6 Å². The van der Waals surface area contributed by atoms with E-state index in [-0.39, 0.29) is 24.6 Å². The lowest BCUT2D eigenvalue weighted by atomic mass is 9.68. The molecule has 4 aliphatic heterocycles. The molecule has 1 N–H and O–H groups in total. The second-order valence-electron chi connectivity index (χ2n) is 7.84. The highest BCUT2D eigenvalue weighted by molar-refractivity contribution is 6.00. The number of amides is 1. The van der Waals surface area contributed by atoms with E-state index in [1.54, 1.807) is 6.92 Å². The molecule has 9 heteroatoms. The minimum atomic E-state index is -4.72. The predicted molar refractivity (Wildman–Crippen MR) is 83.2 cm³/mol. The summed E-state index contributed by atoms with van der Waals surface area (Å²) >= 11 is 0. The summed E-state index contributed by atoms with van der Waals surface area (Å²) in [4.78, 5) is 14.4. The lowest BCUT2D eigenvalue weighted by molar-refractivity contribution is -0.138. The number of carbonyl (C=O) groups is 1. The fourth-order valence-corrected chi connectivity index (χ4v) is 5.40. The Morgan fingerprint density at radius 1 is 1.41 bits per heavy atom. The number of hydrogen-bond donors (Lipinski definition) is 1. The molecule has 5 rings (SSSR count). The van der Waals surface area contributed by atoms with Crippen LogP contribution in [0.25, 0.3) is 0 Å². The Bertz CT molecular complexity index is 913. The number of halogens is 3. The van der Waals surface area contributed by atoms with Gasteiger partial charge in [0.15, 0.2) is 0 Å². The van der Waals surface area contributed by atoms with Crippen molar-refractivity contribution in [3.05, 3.63) is 29.3 Å². The Hall–Kier alpha value is -2.15. The molecule has 2 bridgehead atoms. The van der Waals surface area contributed by atoms with Crippen molar-refractivity contribution in [3.8, 4) is 6.07 Å². The van der Waals surface area contributed by atoms with Crippen LogP contribution >= 0.6 is 0 Å². The number of carbonyl (C=O) groups excluding carboxylic acids is 1. The van der Waals surface area contributed by atoms with E-state index in [2.05, 4.69) is 0 Å². The first-order valence-electron chi connectivity index (χ1n) is 8.57. The van der Waals surface area contributed by atoms with Gasteiger partial charge in [0.05, 0.1) is 47.3 Å². The minimum absolute atomic E-state index is 0.0280. The van der Waals surface area contributed by atoms with Gasteiger partial charge >= 0.3 is 6.18 Å². The molecule has 6 atom stereocenters. The van der Waals surface area contributed by atoms with E-state index >= 15 is 0 Å². The number of aliphatic hydroxyl groups excluding tert-OH is 1. The molecule has 1 aromatic carbocycles. The summed E-state index contributed by atoms with van der Waals surface area (Å²) < 4.78 is 51.8. The first-order valence-corrected chi connectivity index (χ1v) is 8.57. The number of nitriles is 1. The summed E-state index contributed by atoms with van der Waals surface area (Å²) in [6.07, 6.45) is -6.02. The van der Waals surface area contributed by atoms with Crippen LogP contribution in [0.4, 0.5) is 18.9 Å². The SMILES string of the molecule is C[C@@]12C[C@H](O)[C@@]3(CO[C@H]4[C@@H]3[C@@H]1C(=O)N4c1ccc(C#N)c(C(F)(F)F)c1)O2. The molecular weight excluding hydrogens is 365 g/mol. The standard InChI is InChI=1S/C18H15F3N2O4/c1-16-5-11(24)17(27-16)7-26-15-13(17)12(16)14(25)23(15)9-3-2-8(6-22)10(4-9)18(19,20)21/h2-4,11-13,15,24H,5,7H2,1H3/t11-,12+,13-,15-,16+,17+/m0/s1. The Kier molecular flexibility index (Phi) is 3.03. The number of ether oxygens (including phenoxy) is 2. The lowest BCUT2D eigenvalue weighted by Gasteiger charge is -2.31. The van der Waals surface area contributed by atoms with Gasteiger partial charge in [-0.25, -0.2) is 0 Å². The third-order valence-electron chi connectivity index (χ3n) is 6.42. The highest BCUT2D eigenvalue weighted by Gasteiger charge is 2.80. The molecule has 27 heavy (non-hydrogen) atoms. The van der Waals surface area contributed by atoms with E-state index in [1.165, 1.54) is 17.0 Å². The van der Waals surface area contributed by atoms with Gasteiger partial charge in [-0.05, 0) is 25.1 Å². The third kappa shape index (κ3) is 1.88. The number of alkyl halides is 3. The van der Waals surface area contributed by atoms with Crippen LogP contribution in [-0.4, -0.2) is 41.2 Å². The molecule has 4 heterocycles. The average molecular weight is 380 g/mol. The van der Waals surface area contributed by atoms with Gasteiger partial charge in [0, 0.05) is 12.1 Å². The van der Waals surface area contributed by atoms with E-state index < -0.39 is 52.7 Å². The largest absolute Gasteiger partial charge is 0.417 e. The van der Waals surface area contributed by atoms with Gasteiger partial charge in [0.25, 0.3) is 0 Å². The van der Waals surface area contributed by atoms with Gasteiger partial charge in [-0.1, -0.05) is 0 Å². The van der Waals surface area contributed by atoms with Crippen molar-refractivity contribution in [1.29, 1.82) is 5.26 Å². The highest BCUT2D eigenvalue weighted by Crippen LogP contribution is 2.65. The highest BCUT2D eigenvalue weighted by atomic mass is 19.4. The van der Waals surface area contributed by atoms with E-state index in [1.807, 2.05) is 0 Å². The van der Waals surface area contributed by atoms with Crippen molar-refractivity contribution >= 4 is 11.6 Å². The van der Waals surface area contributed by atoms with Crippen molar-refractivity contribution in [2.75, 3.05) is 11.5 Å². The quantitative estimate of drug-likeness (QED) is 0.804. The second-order valence-corrected chi connectivity index (χ2v) is 7.84. The third-order valence-corrected chi connectivity index (χ3v) is 6.42. The molecule has 0 unspecified atom stereocenters. The van der Waals surface area contributed by atoms with Crippen LogP contribution in [0.2, 0.25) is 0 Å². The van der Waals surface area contributed by atoms with Crippen molar-refractivity contribution in [1.82, 2.24) is 0 Å². The van der Waals surface area contributed by atoms with Crippen molar-refractivity contribution in [2.24, 2.45) is 11.8 Å². The van der Waals surface area contributed by atoms with E-state index in [4.69, 9.17) is 14.7 Å². The molecule has 4 fully saturated rings. The van der Waals surface area contributed by atoms with E-state index in [9.17, 15) is 23.1 Å². The molecule has 4 aliphatic rings. The number of nitrogens with zero attached hydrogens (tertiary/aromatic N) is 2. The van der Waals surface area contributed by atoms with Crippen LogP contribution < -0.4 is 4.90 Å². The first kappa shape index (κ1) is 17.0. The minimum Gasteiger partial charge on any atom is -0.390 e. The molecule has 142 valence electrons. The number of rotatable bonds is 1. The summed E-state index contributed by atoms with van der Waals surface area (Å²) in [6.45, 7) is 1.84. The Labute approximate surface area is 152 Å². The first-order chi connectivity index (χ1) is 12.6. The zero-order chi connectivity index (χ0) is 19.4. The number of benzene rings is 1. The number of anilines is 1. The number of fused-ring (bicyclic) bond motifs is 2. The summed E-state index contributed by atoms with van der Waals surface area (Å²) in [5.74, 6) is -1.40. The van der Waals surface area contributed by atoms with Crippen LogP contribution in [0.5, 0.6) is 0 Å². The molecule has 4 saturated heterocycles. The zero-order valence-electron chi connectivity index (χ0n) is 14.2. The van der Waals surface area contributed by atoms with E-state index in [0.717, 1.165) is 12.1 Å². The fourth-order valence-electron chi connectivity index (χ4n) is 5.40. The van der Waals surface area contributed by atoms with Crippen LogP contribution in [-0.2, 0) is 20.4 Å². The molecule has 1 aromatic rings. The number of aliphatic hydroxyl groups is 1. The summed E-state index contributed by atoms with van der Waals surface area (Å²) in [7, 11) is 0. The maximum atomic E-state index is 13.3. The van der Waals surface area contributed by atoms with Crippen molar-refractivity contribution in [3.63, 3.8) is 0 Å². The van der Waals surface area contributed by atoms with Crippen molar-refractivity contribution < 1.29 is 32.5 Å². The molecule has 1 amide bonds. The molecule has 1 spiro atoms. The maximum Gasteiger partial charge on any atom is 0.417 e. The molecule has 0 aliphatic carbocycles. The molecule has 6 nitrogen and oxygen atoms in total. The number of hydrogen-bond acceptors (Lipinski definition) is 5.